The molecule has 6 heteroatoms. The third kappa shape index (κ3) is 6.08. The van der Waals surface area contributed by atoms with E-state index in [0.29, 0.717) is 17.9 Å². The number of carbonyl (C=O) groups is 1. The lowest BCUT2D eigenvalue weighted by atomic mass is 10.2. The molecule has 2 N–H and O–H groups in total. The maximum Gasteiger partial charge on any atom is 0.257 e. The van der Waals surface area contributed by atoms with Gasteiger partial charge in [-0.25, -0.2) is 0 Å². The summed E-state index contributed by atoms with van der Waals surface area (Å²) in [5, 5.41) is 5.84. The van der Waals surface area contributed by atoms with Gasteiger partial charge in [0.1, 0.15) is 11.5 Å². The second-order valence-corrected chi connectivity index (χ2v) is 5.77. The molecule has 0 aromatic heterocycles. The summed E-state index contributed by atoms with van der Waals surface area (Å²) in [7, 11) is 1.59. The van der Waals surface area contributed by atoms with Gasteiger partial charge in [0.15, 0.2) is 5.11 Å². The smallest absolute Gasteiger partial charge is 0.257 e. The van der Waals surface area contributed by atoms with Crippen molar-refractivity contribution in [1.82, 2.24) is 5.32 Å². The topological polar surface area (TPSA) is 59.6 Å². The first kappa shape index (κ1) is 18.7. The lowest BCUT2D eigenvalue weighted by Gasteiger charge is -2.11. The number of amides is 1. The molecule has 2 aromatic rings. The standard InChI is InChI=1S/C19H22N2O3S/c1-3-4-12-24-16-10-8-14(9-11-16)18(22)21-19(25)20-15-6-5-7-17(13-15)23-2/h5-11,13H,3-4,12H2,1-2H3,(H2,20,21,22,25). The molecule has 0 fully saturated rings. The number of thiocarbonyl (C=S) groups is 1. The first-order valence-corrected chi connectivity index (χ1v) is 8.52. The van der Waals surface area contributed by atoms with Crippen LogP contribution in [0, 0.1) is 0 Å². The highest BCUT2D eigenvalue weighted by atomic mass is 32.1. The van der Waals surface area contributed by atoms with E-state index in [1.807, 2.05) is 18.2 Å². The van der Waals surface area contributed by atoms with Crippen molar-refractivity contribution in [2.75, 3.05) is 19.0 Å². The largest absolute Gasteiger partial charge is 0.497 e. The molecule has 0 aliphatic carbocycles. The van der Waals surface area contributed by atoms with Crippen LogP contribution >= 0.6 is 12.2 Å². The number of hydrogen-bond acceptors (Lipinski definition) is 4. The maximum absolute atomic E-state index is 12.2. The normalized spacial score (nSPS) is 10.0. The van der Waals surface area contributed by atoms with Crippen LogP contribution in [0.4, 0.5) is 5.69 Å². The Morgan fingerprint density at radius 1 is 1.12 bits per heavy atom. The third-order valence-electron chi connectivity index (χ3n) is 3.44. The molecular weight excluding hydrogens is 336 g/mol. The molecule has 0 saturated heterocycles. The van der Waals surface area contributed by atoms with E-state index in [1.165, 1.54) is 0 Å². The van der Waals surface area contributed by atoms with Gasteiger partial charge in [-0.05, 0) is 55.0 Å². The van der Waals surface area contributed by atoms with E-state index in [2.05, 4.69) is 17.6 Å². The van der Waals surface area contributed by atoms with Crippen LogP contribution < -0.4 is 20.1 Å². The Balaban J connectivity index is 1.88. The monoisotopic (exact) mass is 358 g/mol. The zero-order chi connectivity index (χ0) is 18.1. The van der Waals surface area contributed by atoms with Crippen LogP contribution in [-0.2, 0) is 0 Å². The van der Waals surface area contributed by atoms with Crippen molar-refractivity contribution < 1.29 is 14.3 Å². The summed E-state index contributed by atoms with van der Waals surface area (Å²) < 4.78 is 10.7. The average molecular weight is 358 g/mol. The quantitative estimate of drug-likeness (QED) is 0.579. The number of rotatable bonds is 7. The Bertz CT molecular complexity index is 717. The van der Waals surface area contributed by atoms with E-state index in [9.17, 15) is 4.79 Å². The molecule has 2 rings (SSSR count). The summed E-state index contributed by atoms with van der Waals surface area (Å²) in [5.74, 6) is 1.18. The number of carbonyl (C=O) groups excluding carboxylic acids is 1. The lowest BCUT2D eigenvalue weighted by molar-refractivity contribution is 0.0977. The summed E-state index contributed by atoms with van der Waals surface area (Å²) in [6.45, 7) is 2.79. The fourth-order valence-corrected chi connectivity index (χ4v) is 2.29. The number of anilines is 1. The van der Waals surface area contributed by atoms with E-state index in [0.717, 1.165) is 24.3 Å². The van der Waals surface area contributed by atoms with Crippen molar-refractivity contribution in [2.45, 2.75) is 19.8 Å². The predicted octanol–water partition coefficient (Wildman–Crippen LogP) is 4.00. The van der Waals surface area contributed by atoms with Crippen molar-refractivity contribution in [3.05, 3.63) is 54.1 Å². The zero-order valence-corrected chi connectivity index (χ0v) is 15.2. The van der Waals surface area contributed by atoms with Gasteiger partial charge >= 0.3 is 0 Å². The van der Waals surface area contributed by atoms with Crippen LogP contribution in [0.25, 0.3) is 0 Å². The van der Waals surface area contributed by atoms with Gasteiger partial charge in [-0.3, -0.25) is 10.1 Å². The summed E-state index contributed by atoms with van der Waals surface area (Å²) in [5.41, 5.74) is 1.25. The SMILES string of the molecule is CCCCOc1ccc(C(=O)NC(=S)Nc2cccc(OC)c2)cc1. The molecule has 0 radical (unpaired) electrons. The highest BCUT2D eigenvalue weighted by Gasteiger charge is 2.08. The van der Waals surface area contributed by atoms with Crippen LogP contribution in [0.3, 0.4) is 0 Å². The predicted molar refractivity (Wildman–Crippen MR) is 104 cm³/mol. The van der Waals surface area contributed by atoms with Crippen LogP contribution in [0.15, 0.2) is 48.5 Å². The fourth-order valence-electron chi connectivity index (χ4n) is 2.08. The molecule has 0 aliphatic rings. The number of nitrogens with one attached hydrogen (secondary N) is 2. The van der Waals surface area contributed by atoms with Crippen LogP contribution in [0.1, 0.15) is 30.1 Å². The van der Waals surface area contributed by atoms with Crippen molar-refractivity contribution in [3.63, 3.8) is 0 Å². The molecule has 5 nitrogen and oxygen atoms in total. The summed E-state index contributed by atoms with van der Waals surface area (Å²) in [6.07, 6.45) is 2.09. The van der Waals surface area contributed by atoms with Crippen molar-refractivity contribution in [2.24, 2.45) is 0 Å². The maximum atomic E-state index is 12.2. The summed E-state index contributed by atoms with van der Waals surface area (Å²) >= 11 is 5.18. The van der Waals surface area contributed by atoms with Gasteiger partial charge in [-0.1, -0.05) is 19.4 Å². The van der Waals surface area contributed by atoms with Gasteiger partial charge in [0, 0.05) is 17.3 Å². The molecule has 2 aromatic carbocycles. The number of benzene rings is 2. The first-order valence-electron chi connectivity index (χ1n) is 8.11. The highest BCUT2D eigenvalue weighted by molar-refractivity contribution is 7.80. The Hall–Kier alpha value is -2.60. The number of unbranched alkanes of at least 4 members (excludes halogenated alkanes) is 1. The summed E-state index contributed by atoms with van der Waals surface area (Å²) in [4.78, 5) is 12.2. The molecule has 0 spiro atoms. The second-order valence-electron chi connectivity index (χ2n) is 5.37. The van der Waals surface area contributed by atoms with E-state index < -0.39 is 0 Å². The Kier molecular flexibility index (Phi) is 7.22. The van der Waals surface area contributed by atoms with Gasteiger partial charge in [0.25, 0.3) is 5.91 Å². The van der Waals surface area contributed by atoms with Gasteiger partial charge in [0.2, 0.25) is 0 Å². The molecule has 0 unspecified atom stereocenters. The van der Waals surface area contributed by atoms with Gasteiger partial charge in [0.05, 0.1) is 13.7 Å². The lowest BCUT2D eigenvalue weighted by Crippen LogP contribution is -2.34. The number of hydrogen-bond donors (Lipinski definition) is 2. The third-order valence-corrected chi connectivity index (χ3v) is 3.64. The molecule has 0 heterocycles. The molecule has 1 amide bonds. The number of methoxy groups -OCH3 is 1. The molecular formula is C19H22N2O3S. The van der Waals surface area contributed by atoms with E-state index in [4.69, 9.17) is 21.7 Å². The van der Waals surface area contributed by atoms with Crippen molar-refractivity contribution >= 4 is 28.9 Å². The molecule has 0 bridgehead atoms. The Labute approximate surface area is 153 Å². The van der Waals surface area contributed by atoms with Crippen molar-refractivity contribution in [1.29, 1.82) is 0 Å². The average Bonchev–Trinajstić information content (AvgIpc) is 2.62. The highest BCUT2D eigenvalue weighted by Crippen LogP contribution is 2.17. The molecule has 0 aliphatic heterocycles. The minimum Gasteiger partial charge on any atom is -0.497 e. The molecule has 0 saturated carbocycles. The molecule has 0 atom stereocenters. The first-order chi connectivity index (χ1) is 12.1. The summed E-state index contributed by atoms with van der Waals surface area (Å²) in [6, 6.07) is 14.3. The van der Waals surface area contributed by atoms with E-state index in [1.54, 1.807) is 37.4 Å². The number of ether oxygens (including phenoxy) is 2. The Morgan fingerprint density at radius 2 is 1.88 bits per heavy atom. The van der Waals surface area contributed by atoms with Gasteiger partial charge < -0.3 is 14.8 Å². The zero-order valence-electron chi connectivity index (χ0n) is 14.4. The molecule has 132 valence electrons. The van der Waals surface area contributed by atoms with Gasteiger partial charge in [-0.2, -0.15) is 0 Å². The van der Waals surface area contributed by atoms with E-state index >= 15 is 0 Å². The minimum atomic E-state index is -0.277. The van der Waals surface area contributed by atoms with E-state index in [-0.39, 0.29) is 11.0 Å². The minimum absolute atomic E-state index is 0.224. The van der Waals surface area contributed by atoms with Crippen molar-refractivity contribution in [3.8, 4) is 11.5 Å². The second kappa shape index (κ2) is 9.64. The van der Waals surface area contributed by atoms with Crippen LogP contribution in [0.2, 0.25) is 0 Å². The van der Waals surface area contributed by atoms with Crippen LogP contribution in [-0.4, -0.2) is 24.7 Å². The molecule has 25 heavy (non-hydrogen) atoms. The Morgan fingerprint density at radius 3 is 2.56 bits per heavy atom. The fraction of sp³-hybridized carbons (Fsp3) is 0.263. The van der Waals surface area contributed by atoms with Gasteiger partial charge in [-0.15, -0.1) is 0 Å². The van der Waals surface area contributed by atoms with Crippen LogP contribution in [0.5, 0.6) is 11.5 Å².